The molecule has 4 nitrogen and oxygen atoms in total. The van der Waals surface area contributed by atoms with Crippen molar-refractivity contribution in [1.29, 1.82) is 0 Å². The molecule has 0 unspecified atom stereocenters. The molecule has 4 rings (SSSR count). The molecule has 0 bridgehead atoms. The van der Waals surface area contributed by atoms with Gasteiger partial charge >= 0.3 is 12.1 Å². The number of alkyl halides is 3. The molecule has 1 N–H and O–H groups in total. The van der Waals surface area contributed by atoms with Crippen LogP contribution in [0.4, 0.5) is 13.2 Å². The number of halogens is 4. The molecule has 0 spiro atoms. The summed E-state index contributed by atoms with van der Waals surface area (Å²) in [5, 5.41) is 9.03. The van der Waals surface area contributed by atoms with E-state index < -0.39 is 23.6 Å². The third kappa shape index (κ3) is 2.86. The summed E-state index contributed by atoms with van der Waals surface area (Å²) in [4.78, 5) is 11.2. The zero-order chi connectivity index (χ0) is 18.6. The zero-order valence-electron chi connectivity index (χ0n) is 13.1. The van der Waals surface area contributed by atoms with Crippen LogP contribution in [0.2, 0.25) is 5.02 Å². The van der Waals surface area contributed by atoms with Gasteiger partial charge in [-0.15, -0.1) is 0 Å². The van der Waals surface area contributed by atoms with Crippen LogP contribution < -0.4 is 9.47 Å². The van der Waals surface area contributed by atoms with Gasteiger partial charge in [0.2, 0.25) is 0 Å². The quantitative estimate of drug-likeness (QED) is 0.812. The molecule has 2 aliphatic rings. The first-order valence-electron chi connectivity index (χ1n) is 7.80. The number of carbonyl (C=O) groups is 1. The Hall–Kier alpha value is -2.41. The molecule has 8 heteroatoms. The van der Waals surface area contributed by atoms with Gasteiger partial charge in [0, 0.05) is 17.9 Å². The first-order valence-corrected chi connectivity index (χ1v) is 8.17. The Morgan fingerprint density at radius 3 is 2.65 bits per heavy atom. The number of benzene rings is 2. The van der Waals surface area contributed by atoms with Gasteiger partial charge in [-0.3, -0.25) is 4.79 Å². The van der Waals surface area contributed by atoms with Gasteiger partial charge in [-0.25, -0.2) is 0 Å². The van der Waals surface area contributed by atoms with Gasteiger partial charge in [0.1, 0.15) is 17.2 Å². The average molecular weight is 385 g/mol. The van der Waals surface area contributed by atoms with Crippen LogP contribution in [0.5, 0.6) is 17.2 Å². The van der Waals surface area contributed by atoms with Gasteiger partial charge in [-0.05, 0) is 29.8 Å². The Bertz CT molecular complexity index is 896. The molecule has 0 aromatic heterocycles. The van der Waals surface area contributed by atoms with Crippen molar-refractivity contribution in [2.75, 3.05) is 6.61 Å². The molecule has 1 fully saturated rings. The van der Waals surface area contributed by atoms with Crippen LogP contribution in [0.25, 0.3) is 0 Å². The number of hydrogen-bond acceptors (Lipinski definition) is 3. The van der Waals surface area contributed by atoms with Crippen molar-refractivity contribution in [3.63, 3.8) is 0 Å². The van der Waals surface area contributed by atoms with Crippen molar-refractivity contribution >= 4 is 17.6 Å². The Kier molecular flexibility index (Phi) is 3.80. The largest absolute Gasteiger partial charge is 0.493 e. The zero-order valence-corrected chi connectivity index (χ0v) is 13.8. The summed E-state index contributed by atoms with van der Waals surface area (Å²) in [6, 6.07) is 7.79. The van der Waals surface area contributed by atoms with E-state index in [1.165, 1.54) is 0 Å². The van der Waals surface area contributed by atoms with Gasteiger partial charge < -0.3 is 14.6 Å². The van der Waals surface area contributed by atoms with Gasteiger partial charge in [0.15, 0.2) is 0 Å². The molecule has 136 valence electrons. The highest BCUT2D eigenvalue weighted by Gasteiger charge is 2.59. The third-order valence-electron chi connectivity index (χ3n) is 4.72. The van der Waals surface area contributed by atoms with E-state index in [1.807, 2.05) is 0 Å². The Labute approximate surface area is 151 Å². The van der Waals surface area contributed by atoms with Gasteiger partial charge in [0.25, 0.3) is 0 Å². The summed E-state index contributed by atoms with van der Waals surface area (Å²) in [6.45, 7) is 0.319. The van der Waals surface area contributed by atoms with Crippen LogP contribution >= 0.6 is 11.6 Å². The highest BCUT2D eigenvalue weighted by molar-refractivity contribution is 6.32. The number of fused-ring (bicyclic) bond motifs is 3. The number of carboxylic acid groups (broad SMARTS) is 1. The average Bonchev–Trinajstić information content (AvgIpc) is 3.30. The molecule has 1 heterocycles. The minimum Gasteiger partial charge on any atom is -0.493 e. The molecular formula is C18H12ClF3O4. The third-order valence-corrected chi connectivity index (χ3v) is 5.01. The topological polar surface area (TPSA) is 55.8 Å². The van der Waals surface area contributed by atoms with Crippen LogP contribution in [0.3, 0.4) is 0 Å². The van der Waals surface area contributed by atoms with E-state index in [-0.39, 0.29) is 22.6 Å². The molecule has 1 saturated carbocycles. The lowest BCUT2D eigenvalue weighted by Gasteiger charge is -2.17. The van der Waals surface area contributed by atoms with Crippen molar-refractivity contribution in [2.45, 2.75) is 12.1 Å². The monoisotopic (exact) mass is 384 g/mol. The molecular weight excluding hydrogens is 373 g/mol. The normalized spacial score (nSPS) is 23.5. The summed E-state index contributed by atoms with van der Waals surface area (Å²) in [6.07, 6.45) is -4.48. The summed E-state index contributed by atoms with van der Waals surface area (Å²) >= 11 is 5.89. The van der Waals surface area contributed by atoms with Crippen LogP contribution in [0.15, 0.2) is 36.4 Å². The van der Waals surface area contributed by atoms with E-state index in [1.54, 1.807) is 18.2 Å². The van der Waals surface area contributed by atoms with Crippen LogP contribution in [-0.4, -0.2) is 17.7 Å². The van der Waals surface area contributed by atoms with E-state index in [4.69, 9.17) is 21.1 Å². The van der Waals surface area contributed by atoms with Crippen molar-refractivity contribution in [3.05, 3.63) is 52.5 Å². The Morgan fingerprint density at radius 2 is 2.00 bits per heavy atom. The smallest absolute Gasteiger partial charge is 0.416 e. The van der Waals surface area contributed by atoms with Crippen LogP contribution in [0.1, 0.15) is 17.0 Å². The number of carboxylic acids is 1. The van der Waals surface area contributed by atoms with Crippen LogP contribution in [0, 0.1) is 11.8 Å². The lowest BCUT2D eigenvalue weighted by molar-refractivity contribution is -0.139. The van der Waals surface area contributed by atoms with Crippen molar-refractivity contribution < 1.29 is 32.5 Å². The summed E-state index contributed by atoms with van der Waals surface area (Å²) < 4.78 is 49.2. The molecule has 2 aromatic carbocycles. The van der Waals surface area contributed by atoms with E-state index in [2.05, 4.69) is 0 Å². The fourth-order valence-corrected chi connectivity index (χ4v) is 3.61. The molecule has 0 amide bonds. The number of rotatable bonds is 3. The molecule has 1 aliphatic carbocycles. The maximum atomic E-state index is 12.7. The highest BCUT2D eigenvalue weighted by Crippen LogP contribution is 2.59. The minimum atomic E-state index is -4.48. The fraction of sp³-hybridized carbons (Fsp3) is 0.278. The van der Waals surface area contributed by atoms with E-state index in [0.717, 1.165) is 23.8 Å². The van der Waals surface area contributed by atoms with Crippen LogP contribution in [-0.2, 0) is 11.0 Å². The summed E-state index contributed by atoms with van der Waals surface area (Å²) in [5.41, 5.74) is -0.0531. The van der Waals surface area contributed by atoms with Crippen molar-refractivity contribution in [3.8, 4) is 17.2 Å². The predicted octanol–water partition coefficient (Wildman–Crippen LogP) is 4.96. The second-order valence-corrected chi connectivity index (χ2v) is 6.72. The first-order chi connectivity index (χ1) is 12.3. The van der Waals surface area contributed by atoms with Gasteiger partial charge in [-0.1, -0.05) is 17.7 Å². The second-order valence-electron chi connectivity index (χ2n) is 6.31. The van der Waals surface area contributed by atoms with Crippen molar-refractivity contribution in [1.82, 2.24) is 0 Å². The molecule has 0 radical (unpaired) electrons. The number of aliphatic carboxylic acids is 1. The molecule has 3 atom stereocenters. The highest BCUT2D eigenvalue weighted by atomic mass is 35.5. The SMILES string of the molecule is O=C(O)[C@H]1[C@@H]2COc3cc(Oc4ccc(C(F)(F)F)cc4Cl)ccc3[C@@H]21. The molecule has 26 heavy (non-hydrogen) atoms. The maximum absolute atomic E-state index is 12.7. The standard InChI is InChI=1S/C18H12ClF3O4/c19-12-5-8(18(20,21)22)1-4-13(12)26-9-2-3-10-14(6-9)25-7-11-15(10)16(11)17(23)24/h1-6,11,15-16H,7H2,(H,23,24)/t11-,15+,16+/m1/s1. The van der Waals surface area contributed by atoms with Gasteiger partial charge in [-0.2, -0.15) is 13.2 Å². The second kappa shape index (κ2) is 5.81. The van der Waals surface area contributed by atoms with Crippen molar-refractivity contribution in [2.24, 2.45) is 11.8 Å². The summed E-state index contributed by atoms with van der Waals surface area (Å²) in [7, 11) is 0. The first kappa shape index (κ1) is 17.0. The molecule has 1 aliphatic heterocycles. The van der Waals surface area contributed by atoms with E-state index in [9.17, 15) is 23.1 Å². The molecule has 2 aromatic rings. The maximum Gasteiger partial charge on any atom is 0.416 e. The fourth-order valence-electron chi connectivity index (χ4n) is 3.39. The lowest BCUT2D eigenvalue weighted by Crippen LogP contribution is -2.09. The lowest BCUT2D eigenvalue weighted by atomic mass is 10.1. The minimum absolute atomic E-state index is 0.0175. The number of ether oxygens (including phenoxy) is 2. The predicted molar refractivity (Wildman–Crippen MR) is 85.8 cm³/mol. The van der Waals surface area contributed by atoms with E-state index >= 15 is 0 Å². The van der Waals surface area contributed by atoms with Gasteiger partial charge in [0.05, 0.1) is 23.1 Å². The Morgan fingerprint density at radius 1 is 1.23 bits per heavy atom. The Balaban J connectivity index is 1.57. The van der Waals surface area contributed by atoms with E-state index in [0.29, 0.717) is 18.1 Å². The summed E-state index contributed by atoms with van der Waals surface area (Å²) in [5.74, 6) is -0.410. The molecule has 0 saturated heterocycles. The number of hydrogen-bond donors (Lipinski definition) is 1.